The normalized spacial score (nSPS) is 17.5. The maximum Gasteiger partial charge on any atom is 0.238 e. The zero-order valence-corrected chi connectivity index (χ0v) is 15.8. The fourth-order valence-electron chi connectivity index (χ4n) is 3.15. The number of carbonyl (C=O) groups is 2. The molecule has 140 valence electrons. The van der Waals surface area contributed by atoms with E-state index in [1.807, 2.05) is 32.0 Å². The number of anilines is 1. The number of nitrogens with one attached hydrogen (secondary N) is 2. The van der Waals surface area contributed by atoms with Gasteiger partial charge >= 0.3 is 0 Å². The molecule has 1 aromatic carbocycles. The topological polar surface area (TPSA) is 87.5 Å². The summed E-state index contributed by atoms with van der Waals surface area (Å²) in [4.78, 5) is 26.5. The van der Waals surface area contributed by atoms with Gasteiger partial charge in [0.15, 0.2) is 0 Å². The molecule has 0 aromatic heterocycles. The van der Waals surface area contributed by atoms with Crippen LogP contribution in [-0.2, 0) is 9.59 Å². The predicted octanol–water partition coefficient (Wildman–Crippen LogP) is 1.45. The summed E-state index contributed by atoms with van der Waals surface area (Å²) < 4.78 is 0. The summed E-state index contributed by atoms with van der Waals surface area (Å²) in [7, 11) is 0. The molecule has 7 heteroatoms. The minimum absolute atomic E-state index is 0. The number of piperidine rings is 1. The van der Waals surface area contributed by atoms with Crippen LogP contribution in [-0.4, -0.2) is 49.4 Å². The molecule has 2 rings (SSSR count). The zero-order chi connectivity index (χ0) is 17.5. The summed E-state index contributed by atoms with van der Waals surface area (Å²) in [6, 6.07) is 5.96. The summed E-state index contributed by atoms with van der Waals surface area (Å²) in [6.45, 7) is 6.71. The fraction of sp³-hybridized carbons (Fsp3) is 0.556. The molecule has 1 aromatic rings. The van der Waals surface area contributed by atoms with E-state index in [0.717, 1.165) is 36.2 Å². The van der Waals surface area contributed by atoms with E-state index in [9.17, 15) is 9.59 Å². The molecule has 1 saturated heterocycles. The second-order valence-electron chi connectivity index (χ2n) is 6.47. The lowest BCUT2D eigenvalue weighted by Crippen LogP contribution is -2.46. The van der Waals surface area contributed by atoms with E-state index in [4.69, 9.17) is 5.73 Å². The molecule has 1 atom stereocenters. The number of rotatable bonds is 6. The molecule has 0 bridgehead atoms. The summed E-state index contributed by atoms with van der Waals surface area (Å²) >= 11 is 0. The minimum Gasteiger partial charge on any atom is -0.355 e. The van der Waals surface area contributed by atoms with Gasteiger partial charge < -0.3 is 16.4 Å². The van der Waals surface area contributed by atoms with Crippen LogP contribution in [0.2, 0.25) is 0 Å². The number of amides is 2. The molecule has 1 aliphatic rings. The molecule has 0 radical (unpaired) electrons. The van der Waals surface area contributed by atoms with Crippen molar-refractivity contribution in [2.24, 2.45) is 11.7 Å². The smallest absolute Gasteiger partial charge is 0.238 e. The van der Waals surface area contributed by atoms with E-state index in [-0.39, 0.29) is 30.1 Å². The summed E-state index contributed by atoms with van der Waals surface area (Å²) in [5, 5.41) is 5.85. The van der Waals surface area contributed by atoms with E-state index in [0.29, 0.717) is 26.2 Å². The SMILES string of the molecule is Cc1cccc(C)c1NC(=O)CN1CCCC(C(=O)NCCN)C1.Cl. The van der Waals surface area contributed by atoms with Gasteiger partial charge in [-0.05, 0) is 44.4 Å². The van der Waals surface area contributed by atoms with Crippen molar-refractivity contribution in [3.63, 3.8) is 0 Å². The van der Waals surface area contributed by atoms with E-state index in [1.54, 1.807) is 0 Å². The Bertz CT molecular complexity index is 574. The quantitative estimate of drug-likeness (QED) is 0.709. The number of hydrogen-bond donors (Lipinski definition) is 3. The summed E-state index contributed by atoms with van der Waals surface area (Å²) in [5.74, 6) is -0.0472. The van der Waals surface area contributed by atoms with Crippen molar-refractivity contribution in [2.75, 3.05) is 38.0 Å². The molecule has 1 fully saturated rings. The molecular weight excluding hydrogens is 340 g/mol. The van der Waals surface area contributed by atoms with Crippen LogP contribution < -0.4 is 16.4 Å². The monoisotopic (exact) mass is 368 g/mol. The van der Waals surface area contributed by atoms with Gasteiger partial charge in [-0.3, -0.25) is 14.5 Å². The minimum atomic E-state index is -0.0571. The second kappa shape index (κ2) is 10.4. The maximum atomic E-state index is 12.4. The Morgan fingerprint density at radius 2 is 1.96 bits per heavy atom. The first kappa shape index (κ1) is 21.4. The number of nitrogens with zero attached hydrogens (tertiary/aromatic N) is 1. The Labute approximate surface area is 155 Å². The highest BCUT2D eigenvalue weighted by Crippen LogP contribution is 2.20. The second-order valence-corrected chi connectivity index (χ2v) is 6.47. The van der Waals surface area contributed by atoms with Gasteiger partial charge in [-0.25, -0.2) is 0 Å². The Kier molecular flexibility index (Phi) is 8.89. The van der Waals surface area contributed by atoms with Gasteiger partial charge in [0.1, 0.15) is 0 Å². The summed E-state index contributed by atoms with van der Waals surface area (Å²) in [6.07, 6.45) is 1.79. The standard InChI is InChI=1S/C18H28N4O2.ClH/c1-13-5-3-6-14(2)17(13)21-16(23)12-22-10-4-7-15(11-22)18(24)20-9-8-19;/h3,5-6,15H,4,7-12,19H2,1-2H3,(H,20,24)(H,21,23);1H. The predicted molar refractivity (Wildman–Crippen MR) is 103 cm³/mol. The largest absolute Gasteiger partial charge is 0.355 e. The van der Waals surface area contributed by atoms with Crippen LogP contribution >= 0.6 is 12.4 Å². The van der Waals surface area contributed by atoms with Crippen molar-refractivity contribution in [3.05, 3.63) is 29.3 Å². The van der Waals surface area contributed by atoms with Crippen LogP contribution in [0.25, 0.3) is 0 Å². The molecule has 6 nitrogen and oxygen atoms in total. The molecule has 25 heavy (non-hydrogen) atoms. The van der Waals surface area contributed by atoms with E-state index in [2.05, 4.69) is 15.5 Å². The number of hydrogen-bond acceptors (Lipinski definition) is 4. The van der Waals surface area contributed by atoms with Gasteiger partial charge in [0.05, 0.1) is 12.5 Å². The van der Waals surface area contributed by atoms with Crippen LogP contribution in [0.4, 0.5) is 5.69 Å². The lowest BCUT2D eigenvalue weighted by molar-refractivity contribution is -0.127. The van der Waals surface area contributed by atoms with Crippen molar-refractivity contribution in [1.82, 2.24) is 10.2 Å². The molecule has 2 amide bonds. The van der Waals surface area contributed by atoms with Crippen molar-refractivity contribution < 1.29 is 9.59 Å². The van der Waals surface area contributed by atoms with E-state index >= 15 is 0 Å². The highest BCUT2D eigenvalue weighted by molar-refractivity contribution is 5.93. The third-order valence-electron chi connectivity index (χ3n) is 4.43. The molecule has 0 aliphatic carbocycles. The Hall–Kier alpha value is -1.63. The van der Waals surface area contributed by atoms with Gasteiger partial charge in [0.2, 0.25) is 11.8 Å². The third-order valence-corrected chi connectivity index (χ3v) is 4.43. The van der Waals surface area contributed by atoms with Crippen molar-refractivity contribution in [1.29, 1.82) is 0 Å². The van der Waals surface area contributed by atoms with Gasteiger partial charge in [0.25, 0.3) is 0 Å². The first-order valence-electron chi connectivity index (χ1n) is 8.57. The van der Waals surface area contributed by atoms with Crippen LogP contribution in [0.15, 0.2) is 18.2 Å². The fourth-order valence-corrected chi connectivity index (χ4v) is 3.15. The van der Waals surface area contributed by atoms with Gasteiger partial charge in [-0.2, -0.15) is 0 Å². The van der Waals surface area contributed by atoms with Crippen molar-refractivity contribution in [3.8, 4) is 0 Å². The third kappa shape index (κ3) is 6.30. The first-order chi connectivity index (χ1) is 11.5. The van der Waals surface area contributed by atoms with Gasteiger partial charge in [-0.1, -0.05) is 18.2 Å². The number of carbonyl (C=O) groups excluding carboxylic acids is 2. The lowest BCUT2D eigenvalue weighted by Gasteiger charge is -2.31. The van der Waals surface area contributed by atoms with E-state index < -0.39 is 0 Å². The lowest BCUT2D eigenvalue weighted by atomic mass is 9.97. The molecule has 0 spiro atoms. The average molecular weight is 369 g/mol. The van der Waals surface area contributed by atoms with Crippen LogP contribution in [0.1, 0.15) is 24.0 Å². The number of benzene rings is 1. The van der Waals surface area contributed by atoms with E-state index in [1.165, 1.54) is 0 Å². The molecule has 4 N–H and O–H groups in total. The number of nitrogens with two attached hydrogens (primary N) is 1. The molecule has 1 heterocycles. The van der Waals surface area contributed by atoms with Crippen molar-refractivity contribution in [2.45, 2.75) is 26.7 Å². The number of halogens is 1. The van der Waals surface area contributed by atoms with Crippen LogP contribution in [0, 0.1) is 19.8 Å². The molecule has 1 unspecified atom stereocenters. The average Bonchev–Trinajstić information content (AvgIpc) is 2.56. The molecule has 0 saturated carbocycles. The van der Waals surface area contributed by atoms with Crippen molar-refractivity contribution >= 4 is 29.9 Å². The van der Waals surface area contributed by atoms with Crippen LogP contribution in [0.3, 0.4) is 0 Å². The molecule has 1 aliphatic heterocycles. The Morgan fingerprint density at radius 3 is 2.60 bits per heavy atom. The molecular formula is C18H29ClN4O2. The highest BCUT2D eigenvalue weighted by atomic mass is 35.5. The van der Waals surface area contributed by atoms with Gasteiger partial charge in [-0.15, -0.1) is 12.4 Å². The highest BCUT2D eigenvalue weighted by Gasteiger charge is 2.26. The van der Waals surface area contributed by atoms with Gasteiger partial charge in [0, 0.05) is 25.3 Å². The number of para-hydroxylation sites is 1. The zero-order valence-electron chi connectivity index (χ0n) is 15.0. The number of aryl methyl sites for hydroxylation is 2. The Balaban J connectivity index is 0.00000312. The summed E-state index contributed by atoms with van der Waals surface area (Å²) in [5.41, 5.74) is 8.42. The first-order valence-corrected chi connectivity index (χ1v) is 8.57. The van der Waals surface area contributed by atoms with Crippen LogP contribution in [0.5, 0.6) is 0 Å². The Morgan fingerprint density at radius 1 is 1.28 bits per heavy atom. The number of likely N-dealkylation sites (tertiary alicyclic amines) is 1. The maximum absolute atomic E-state index is 12.4.